The van der Waals surface area contributed by atoms with Crippen molar-refractivity contribution in [1.29, 1.82) is 0 Å². The number of nitrogens with one attached hydrogen (secondary N) is 1. The van der Waals surface area contributed by atoms with E-state index in [2.05, 4.69) is 27.4 Å². The number of hydrogen-bond donors (Lipinski definition) is 1. The highest BCUT2D eigenvalue weighted by molar-refractivity contribution is 9.09. The van der Waals surface area contributed by atoms with Crippen molar-refractivity contribution in [2.75, 3.05) is 7.05 Å². The molecule has 0 aromatic heterocycles. The van der Waals surface area contributed by atoms with Gasteiger partial charge in [-0.05, 0) is 0 Å². The van der Waals surface area contributed by atoms with Gasteiger partial charge in [-0.1, -0.05) is 15.9 Å². The molecule has 0 saturated heterocycles. The second-order valence-electron chi connectivity index (χ2n) is 1.39. The van der Waals surface area contributed by atoms with Crippen molar-refractivity contribution >= 4 is 15.9 Å². The predicted octanol–water partition coefficient (Wildman–Crippen LogP) is 0.474. The molecular formula is C4H6BrN2. The lowest BCUT2D eigenvalue weighted by molar-refractivity contribution is 0.313. The van der Waals surface area contributed by atoms with Crippen LogP contribution < -0.4 is 5.43 Å². The molecule has 1 radical (unpaired) electrons. The molecule has 1 atom stereocenters. The number of rotatable bonds is 0. The second kappa shape index (κ2) is 1.84. The van der Waals surface area contributed by atoms with Gasteiger partial charge in [-0.25, -0.2) is 5.01 Å². The van der Waals surface area contributed by atoms with Crippen molar-refractivity contribution in [2.45, 2.75) is 4.95 Å². The molecule has 1 unspecified atom stereocenters. The van der Waals surface area contributed by atoms with Crippen LogP contribution in [0.3, 0.4) is 0 Å². The number of alkyl halides is 1. The molecule has 7 heavy (non-hydrogen) atoms. The van der Waals surface area contributed by atoms with Crippen LogP contribution in [0.1, 0.15) is 0 Å². The first-order chi connectivity index (χ1) is 3.30. The summed E-state index contributed by atoms with van der Waals surface area (Å²) in [7, 11) is 1.94. The summed E-state index contributed by atoms with van der Waals surface area (Å²) in [4.78, 5) is 0.243. The van der Waals surface area contributed by atoms with E-state index in [9.17, 15) is 0 Å². The minimum Gasteiger partial charge on any atom is -0.325 e. The number of nitrogens with zero attached hydrogens (tertiary/aromatic N) is 1. The Balaban J connectivity index is 2.45. The molecule has 2 nitrogen and oxygen atoms in total. The van der Waals surface area contributed by atoms with Crippen LogP contribution in [-0.2, 0) is 0 Å². The van der Waals surface area contributed by atoms with E-state index in [4.69, 9.17) is 0 Å². The fourth-order valence-electron chi connectivity index (χ4n) is 0.385. The predicted molar refractivity (Wildman–Crippen MR) is 31.4 cm³/mol. The molecular weight excluding hydrogens is 156 g/mol. The van der Waals surface area contributed by atoms with Crippen LogP contribution in [0.25, 0.3) is 0 Å². The van der Waals surface area contributed by atoms with Gasteiger partial charge in [0, 0.05) is 19.3 Å². The molecule has 0 aromatic carbocycles. The quantitative estimate of drug-likeness (QED) is 0.411. The fourth-order valence-corrected chi connectivity index (χ4v) is 0.635. The van der Waals surface area contributed by atoms with Gasteiger partial charge < -0.3 is 5.43 Å². The van der Waals surface area contributed by atoms with Gasteiger partial charge in [0.05, 0.1) is 0 Å². The third-order valence-corrected chi connectivity index (χ3v) is 1.71. The number of halogens is 1. The van der Waals surface area contributed by atoms with Gasteiger partial charge in [0.25, 0.3) is 0 Å². The zero-order chi connectivity index (χ0) is 5.28. The maximum absolute atomic E-state index is 3.32. The zero-order valence-electron chi connectivity index (χ0n) is 3.98. The Kier molecular flexibility index (Phi) is 1.35. The lowest BCUT2D eigenvalue weighted by atomic mass is 10.6. The molecule has 1 heterocycles. The van der Waals surface area contributed by atoms with Crippen LogP contribution in [0, 0.1) is 6.08 Å². The van der Waals surface area contributed by atoms with E-state index < -0.39 is 0 Å². The van der Waals surface area contributed by atoms with Gasteiger partial charge in [-0.15, -0.1) is 0 Å². The maximum atomic E-state index is 3.32. The van der Waals surface area contributed by atoms with Crippen LogP contribution >= 0.6 is 15.9 Å². The monoisotopic (exact) mass is 161 g/mol. The molecule has 39 valence electrons. The summed E-state index contributed by atoms with van der Waals surface area (Å²) in [6, 6.07) is 0. The van der Waals surface area contributed by atoms with Crippen LogP contribution in [0.2, 0.25) is 0 Å². The minimum atomic E-state index is 0.243. The summed E-state index contributed by atoms with van der Waals surface area (Å²) < 4.78 is 0. The first-order valence-corrected chi connectivity index (χ1v) is 2.93. The molecule has 0 fully saturated rings. The average Bonchev–Trinajstić information content (AvgIpc) is 1.91. The second-order valence-corrected chi connectivity index (χ2v) is 2.25. The summed E-state index contributed by atoms with van der Waals surface area (Å²) in [5.41, 5.74) is 2.92. The first-order valence-electron chi connectivity index (χ1n) is 2.01. The maximum Gasteiger partial charge on any atom is 0.110 e. The third kappa shape index (κ3) is 0.951. The highest BCUT2D eigenvalue weighted by atomic mass is 79.9. The van der Waals surface area contributed by atoms with E-state index in [1.807, 2.05) is 12.1 Å². The van der Waals surface area contributed by atoms with Crippen molar-refractivity contribution in [1.82, 2.24) is 10.4 Å². The Morgan fingerprint density at radius 2 is 2.71 bits per heavy atom. The smallest absolute Gasteiger partial charge is 0.110 e. The van der Waals surface area contributed by atoms with E-state index in [1.54, 1.807) is 6.20 Å². The first kappa shape index (κ1) is 5.12. The summed E-state index contributed by atoms with van der Waals surface area (Å²) in [5, 5.41) is 1.90. The van der Waals surface area contributed by atoms with Crippen molar-refractivity contribution in [3.8, 4) is 0 Å². The van der Waals surface area contributed by atoms with E-state index >= 15 is 0 Å². The molecule has 0 amide bonds. The molecule has 3 heteroatoms. The van der Waals surface area contributed by atoms with Crippen LogP contribution in [0.5, 0.6) is 0 Å². The van der Waals surface area contributed by atoms with Crippen LogP contribution in [0.4, 0.5) is 0 Å². The Bertz CT molecular complexity index is 91.7. The summed E-state index contributed by atoms with van der Waals surface area (Å²) >= 11 is 3.32. The van der Waals surface area contributed by atoms with Gasteiger partial charge >= 0.3 is 0 Å². The van der Waals surface area contributed by atoms with Crippen molar-refractivity contribution in [3.63, 3.8) is 0 Å². The largest absolute Gasteiger partial charge is 0.325 e. The fraction of sp³-hybridized carbons (Fsp3) is 0.500. The summed E-state index contributed by atoms with van der Waals surface area (Å²) in [6.07, 6.45) is 4.75. The highest BCUT2D eigenvalue weighted by Crippen LogP contribution is 2.06. The van der Waals surface area contributed by atoms with Crippen molar-refractivity contribution in [2.24, 2.45) is 0 Å². The van der Waals surface area contributed by atoms with E-state index in [-0.39, 0.29) is 4.95 Å². The van der Waals surface area contributed by atoms with Gasteiger partial charge in [0.1, 0.15) is 4.95 Å². The van der Waals surface area contributed by atoms with Crippen molar-refractivity contribution in [3.05, 3.63) is 12.3 Å². The number of hydrogen-bond acceptors (Lipinski definition) is 2. The van der Waals surface area contributed by atoms with E-state index in [0.29, 0.717) is 0 Å². The summed E-state index contributed by atoms with van der Waals surface area (Å²) in [6.45, 7) is 0. The SMILES string of the molecule is CN1NC=[C]C1Br. The lowest BCUT2D eigenvalue weighted by Gasteiger charge is -2.11. The molecule has 0 bridgehead atoms. The molecule has 1 aliphatic rings. The topological polar surface area (TPSA) is 15.3 Å². The van der Waals surface area contributed by atoms with Gasteiger partial charge in [-0.2, -0.15) is 0 Å². The molecule has 0 spiro atoms. The van der Waals surface area contributed by atoms with Crippen molar-refractivity contribution < 1.29 is 0 Å². The average molecular weight is 162 g/mol. The lowest BCUT2D eigenvalue weighted by Crippen LogP contribution is -2.29. The number of hydrazine groups is 1. The van der Waals surface area contributed by atoms with E-state index in [1.165, 1.54) is 0 Å². The molecule has 0 aliphatic carbocycles. The zero-order valence-corrected chi connectivity index (χ0v) is 5.57. The molecule has 1 aliphatic heterocycles. The van der Waals surface area contributed by atoms with Gasteiger partial charge in [0.2, 0.25) is 0 Å². The third-order valence-electron chi connectivity index (χ3n) is 0.829. The Hall–Kier alpha value is -0.0200. The minimum absolute atomic E-state index is 0.243. The van der Waals surface area contributed by atoms with Crippen LogP contribution in [0.15, 0.2) is 6.20 Å². The standard InChI is InChI=1S/C4H6BrN2/c1-7-4(5)2-3-6-7/h3-4,6H,1H3. The van der Waals surface area contributed by atoms with Gasteiger partial charge in [0.15, 0.2) is 0 Å². The molecule has 1 rings (SSSR count). The molecule has 1 N–H and O–H groups in total. The normalized spacial score (nSPS) is 30.9. The highest BCUT2D eigenvalue weighted by Gasteiger charge is 2.09. The number of likely N-dealkylation sites (N-methyl/N-ethyl adjacent to an activating group) is 1. The molecule has 0 saturated carbocycles. The van der Waals surface area contributed by atoms with Crippen LogP contribution in [-0.4, -0.2) is 17.0 Å². The van der Waals surface area contributed by atoms with Gasteiger partial charge in [-0.3, -0.25) is 0 Å². The summed E-state index contributed by atoms with van der Waals surface area (Å²) in [5.74, 6) is 0. The Morgan fingerprint density at radius 3 is 2.86 bits per heavy atom. The van der Waals surface area contributed by atoms with E-state index in [0.717, 1.165) is 0 Å². The Morgan fingerprint density at radius 1 is 2.00 bits per heavy atom. The Labute approximate surface area is 51.3 Å². The molecule has 0 aromatic rings.